The zero-order chi connectivity index (χ0) is 23.5. The van der Waals surface area contributed by atoms with Crippen LogP contribution in [0.4, 0.5) is 4.39 Å². The van der Waals surface area contributed by atoms with Gasteiger partial charge in [-0.3, -0.25) is 9.59 Å². The van der Waals surface area contributed by atoms with Gasteiger partial charge < -0.3 is 23.9 Å². The monoisotopic (exact) mass is 475 g/mol. The lowest BCUT2D eigenvalue weighted by atomic mass is 9.95. The van der Waals surface area contributed by atoms with Crippen LogP contribution in [0.2, 0.25) is 5.02 Å². The zero-order valence-corrected chi connectivity index (χ0v) is 19.5. The average Bonchev–Trinajstić information content (AvgIpc) is 3.32. The molecule has 1 fully saturated rings. The summed E-state index contributed by atoms with van der Waals surface area (Å²) in [6, 6.07) is 8.06. The Morgan fingerprint density at radius 1 is 1.27 bits per heavy atom. The maximum atomic E-state index is 14.5. The summed E-state index contributed by atoms with van der Waals surface area (Å²) >= 11 is 6.26. The molecule has 33 heavy (non-hydrogen) atoms. The highest BCUT2D eigenvalue weighted by molar-refractivity contribution is 6.31. The molecule has 1 aliphatic rings. The Bertz CT molecular complexity index is 1140. The number of rotatable bonds is 7. The number of amides is 2. The van der Waals surface area contributed by atoms with Gasteiger partial charge in [0.15, 0.2) is 5.58 Å². The number of hydrogen-bond donors (Lipinski definition) is 1. The number of halogens is 2. The van der Waals surface area contributed by atoms with E-state index in [1.165, 1.54) is 6.07 Å². The molecule has 0 atom stereocenters. The molecule has 3 heterocycles. The Balaban J connectivity index is 1.54. The smallest absolute Gasteiger partial charge is 0.270 e. The van der Waals surface area contributed by atoms with E-state index in [1.54, 1.807) is 34.8 Å². The van der Waals surface area contributed by atoms with Crippen LogP contribution in [0, 0.1) is 18.7 Å². The quantitative estimate of drug-likeness (QED) is 0.524. The lowest BCUT2D eigenvalue weighted by Crippen LogP contribution is -2.44. The van der Waals surface area contributed by atoms with E-state index in [0.717, 1.165) is 0 Å². The fraction of sp³-hybridized carbons (Fsp3) is 0.417. The predicted molar refractivity (Wildman–Crippen MR) is 123 cm³/mol. The number of fused-ring (bicyclic) bond motifs is 1. The predicted octanol–water partition coefficient (Wildman–Crippen LogP) is 4.00. The molecule has 1 N–H and O–H groups in total. The molecule has 7 nitrogen and oxygen atoms in total. The number of furan rings is 1. The van der Waals surface area contributed by atoms with Crippen molar-refractivity contribution in [2.24, 2.45) is 5.92 Å². The highest BCUT2D eigenvalue weighted by atomic mass is 35.5. The second-order valence-corrected chi connectivity index (χ2v) is 8.68. The second-order valence-electron chi connectivity index (χ2n) is 8.27. The van der Waals surface area contributed by atoms with Crippen LogP contribution in [0.5, 0.6) is 0 Å². The first kappa shape index (κ1) is 23.3. The van der Waals surface area contributed by atoms with Gasteiger partial charge in [0, 0.05) is 55.4 Å². The number of benzene rings is 1. The summed E-state index contributed by atoms with van der Waals surface area (Å²) in [6.45, 7) is 3.80. The van der Waals surface area contributed by atoms with Gasteiger partial charge in [0.1, 0.15) is 17.3 Å². The number of methoxy groups -OCH3 is 1. The third-order valence-electron chi connectivity index (χ3n) is 6.07. The van der Waals surface area contributed by atoms with Crippen LogP contribution in [-0.2, 0) is 16.1 Å². The van der Waals surface area contributed by atoms with Crippen molar-refractivity contribution in [3.63, 3.8) is 0 Å². The number of piperidine rings is 1. The first-order valence-electron chi connectivity index (χ1n) is 11.0. The summed E-state index contributed by atoms with van der Waals surface area (Å²) in [6.07, 6.45) is 1.17. The minimum absolute atomic E-state index is 0.00953. The van der Waals surface area contributed by atoms with E-state index in [0.29, 0.717) is 72.2 Å². The number of aromatic nitrogens is 1. The zero-order valence-electron chi connectivity index (χ0n) is 18.7. The van der Waals surface area contributed by atoms with E-state index < -0.39 is 5.82 Å². The summed E-state index contributed by atoms with van der Waals surface area (Å²) in [7, 11) is 1.59. The van der Waals surface area contributed by atoms with Gasteiger partial charge in [-0.15, -0.1) is 0 Å². The summed E-state index contributed by atoms with van der Waals surface area (Å²) in [5, 5.41) is 3.17. The van der Waals surface area contributed by atoms with Crippen LogP contribution >= 0.6 is 11.6 Å². The van der Waals surface area contributed by atoms with Gasteiger partial charge >= 0.3 is 0 Å². The maximum Gasteiger partial charge on any atom is 0.270 e. The molecule has 3 aromatic rings. The van der Waals surface area contributed by atoms with Crippen molar-refractivity contribution >= 4 is 34.5 Å². The molecule has 0 spiro atoms. The van der Waals surface area contributed by atoms with Gasteiger partial charge in [0.05, 0.1) is 18.7 Å². The van der Waals surface area contributed by atoms with Gasteiger partial charge in [-0.25, -0.2) is 4.39 Å². The van der Waals surface area contributed by atoms with Crippen molar-refractivity contribution < 1.29 is 23.1 Å². The standard InChI is InChI=1S/C24H27ClFN3O4/c1-15-12-20-22(33-15)13-21(29(20)14-17-18(25)4-3-5-19(17)26)24(31)28-9-6-16(7-10-28)23(30)27-8-11-32-2/h3-5,12-13,16H,6-11,14H2,1-2H3,(H,27,30). The summed E-state index contributed by atoms with van der Waals surface area (Å²) in [5.74, 6) is -0.0424. The molecule has 0 radical (unpaired) electrons. The molecule has 1 aliphatic heterocycles. The molecule has 1 saturated heterocycles. The highest BCUT2D eigenvalue weighted by Gasteiger charge is 2.30. The molecular formula is C24H27ClFN3O4. The Morgan fingerprint density at radius 2 is 2.03 bits per heavy atom. The highest BCUT2D eigenvalue weighted by Crippen LogP contribution is 2.29. The van der Waals surface area contributed by atoms with Crippen molar-refractivity contribution in [2.75, 3.05) is 33.4 Å². The number of nitrogens with zero attached hydrogens (tertiary/aromatic N) is 2. The largest absolute Gasteiger partial charge is 0.460 e. The molecule has 9 heteroatoms. The molecule has 1 aromatic carbocycles. The van der Waals surface area contributed by atoms with Gasteiger partial charge in [0.2, 0.25) is 5.91 Å². The first-order valence-corrected chi connectivity index (χ1v) is 11.3. The van der Waals surface area contributed by atoms with E-state index in [1.807, 2.05) is 13.0 Å². The Hall–Kier alpha value is -2.84. The third-order valence-corrected chi connectivity index (χ3v) is 6.42. The molecule has 0 unspecified atom stereocenters. The molecule has 176 valence electrons. The Kier molecular flexibility index (Phi) is 7.05. The molecular weight excluding hydrogens is 449 g/mol. The van der Waals surface area contributed by atoms with Gasteiger partial charge in [-0.05, 0) is 31.9 Å². The number of ether oxygens (including phenoxy) is 1. The third kappa shape index (κ3) is 4.91. The van der Waals surface area contributed by atoms with E-state index in [4.69, 9.17) is 20.8 Å². The lowest BCUT2D eigenvalue weighted by molar-refractivity contribution is -0.126. The van der Waals surface area contributed by atoms with Crippen LogP contribution in [-0.4, -0.2) is 54.6 Å². The van der Waals surface area contributed by atoms with Gasteiger partial charge in [0.25, 0.3) is 5.91 Å². The number of nitrogens with one attached hydrogen (secondary N) is 1. The number of carbonyl (C=O) groups is 2. The summed E-state index contributed by atoms with van der Waals surface area (Å²) in [4.78, 5) is 27.5. The number of carbonyl (C=O) groups excluding carboxylic acids is 2. The molecule has 2 amide bonds. The maximum absolute atomic E-state index is 14.5. The van der Waals surface area contributed by atoms with E-state index >= 15 is 0 Å². The van der Waals surface area contributed by atoms with Gasteiger partial charge in [-0.1, -0.05) is 17.7 Å². The van der Waals surface area contributed by atoms with Gasteiger partial charge in [-0.2, -0.15) is 0 Å². The lowest BCUT2D eigenvalue weighted by Gasteiger charge is -2.31. The van der Waals surface area contributed by atoms with Crippen molar-refractivity contribution in [1.82, 2.24) is 14.8 Å². The molecule has 2 aromatic heterocycles. The minimum Gasteiger partial charge on any atom is -0.460 e. The van der Waals surface area contributed by atoms with E-state index in [-0.39, 0.29) is 24.3 Å². The summed E-state index contributed by atoms with van der Waals surface area (Å²) in [5.41, 5.74) is 2.00. The van der Waals surface area contributed by atoms with Crippen LogP contribution in [0.1, 0.15) is 34.7 Å². The molecule has 0 saturated carbocycles. The fourth-order valence-corrected chi connectivity index (χ4v) is 4.50. The average molecular weight is 476 g/mol. The van der Waals surface area contributed by atoms with Crippen LogP contribution < -0.4 is 5.32 Å². The number of hydrogen-bond acceptors (Lipinski definition) is 4. The summed E-state index contributed by atoms with van der Waals surface area (Å²) < 4.78 is 27.0. The van der Waals surface area contributed by atoms with Crippen LogP contribution in [0.15, 0.2) is 34.7 Å². The number of likely N-dealkylation sites (tertiary alicyclic amines) is 1. The Morgan fingerprint density at radius 3 is 2.73 bits per heavy atom. The van der Waals surface area contributed by atoms with E-state index in [2.05, 4.69) is 5.32 Å². The van der Waals surface area contributed by atoms with Crippen molar-refractivity contribution in [1.29, 1.82) is 0 Å². The number of aryl methyl sites for hydroxylation is 1. The SMILES string of the molecule is COCCNC(=O)C1CCN(C(=O)c2cc3oc(C)cc3n2Cc2c(F)cccc2Cl)CC1. The normalized spacial score (nSPS) is 14.7. The van der Waals surface area contributed by atoms with Crippen molar-refractivity contribution in [2.45, 2.75) is 26.3 Å². The topological polar surface area (TPSA) is 76.7 Å². The second kappa shape index (κ2) is 9.97. The van der Waals surface area contributed by atoms with Crippen LogP contribution in [0.3, 0.4) is 0 Å². The van der Waals surface area contributed by atoms with Crippen molar-refractivity contribution in [3.8, 4) is 0 Å². The molecule has 0 bridgehead atoms. The Labute approximate surface area is 196 Å². The molecule has 0 aliphatic carbocycles. The first-order chi connectivity index (χ1) is 15.9. The fourth-order valence-electron chi connectivity index (χ4n) is 4.28. The van der Waals surface area contributed by atoms with Crippen LogP contribution in [0.25, 0.3) is 11.1 Å². The minimum atomic E-state index is -0.428. The molecule has 4 rings (SSSR count). The van der Waals surface area contributed by atoms with Crippen molar-refractivity contribution in [3.05, 3.63) is 58.2 Å². The van der Waals surface area contributed by atoms with E-state index in [9.17, 15) is 14.0 Å².